The molecule has 4 nitrogen and oxygen atoms in total. The molecule has 0 bridgehead atoms. The van der Waals surface area contributed by atoms with Gasteiger partial charge in [0.1, 0.15) is 0 Å². The Morgan fingerprint density at radius 1 is 1.42 bits per heavy atom. The molecule has 1 saturated heterocycles. The molecule has 1 aliphatic rings. The first-order valence-electron chi connectivity index (χ1n) is 6.72. The molecule has 0 aromatic carbocycles. The molecule has 1 fully saturated rings. The number of carbonyl (C=O) groups is 1. The molecule has 19 heavy (non-hydrogen) atoms. The van der Waals surface area contributed by atoms with Gasteiger partial charge in [0.05, 0.1) is 6.04 Å². The van der Waals surface area contributed by atoms with E-state index in [-0.39, 0.29) is 42.7 Å². The van der Waals surface area contributed by atoms with Crippen molar-refractivity contribution in [2.75, 3.05) is 26.7 Å². The van der Waals surface area contributed by atoms with Crippen molar-refractivity contribution >= 4 is 30.7 Å². The van der Waals surface area contributed by atoms with Gasteiger partial charge in [-0.05, 0) is 31.8 Å². The Morgan fingerprint density at radius 3 is 2.47 bits per heavy atom. The zero-order chi connectivity index (χ0) is 13.0. The van der Waals surface area contributed by atoms with Crippen LogP contribution in [0.3, 0.4) is 0 Å². The van der Waals surface area contributed by atoms with Crippen LogP contribution in [0.5, 0.6) is 0 Å². The normalized spacial score (nSPS) is 20.6. The number of amides is 1. The maximum atomic E-state index is 12.0. The molecule has 0 aromatic heterocycles. The van der Waals surface area contributed by atoms with E-state index in [1.807, 2.05) is 25.8 Å². The number of rotatable bonds is 5. The summed E-state index contributed by atoms with van der Waals surface area (Å²) in [5.41, 5.74) is 5.90. The van der Waals surface area contributed by atoms with Crippen molar-refractivity contribution in [3.63, 3.8) is 0 Å². The SMILES string of the molecule is CCN1CCCC1CN(C)C(=O)C(N)C(C)C.Cl.Cl. The number of hydrogen-bond acceptors (Lipinski definition) is 3. The van der Waals surface area contributed by atoms with Crippen LogP contribution in [-0.4, -0.2) is 54.5 Å². The van der Waals surface area contributed by atoms with Gasteiger partial charge in [-0.3, -0.25) is 9.69 Å². The molecule has 1 rings (SSSR count). The van der Waals surface area contributed by atoms with Gasteiger partial charge in [-0.15, -0.1) is 24.8 Å². The first-order valence-corrected chi connectivity index (χ1v) is 6.72. The van der Waals surface area contributed by atoms with Crippen LogP contribution in [0, 0.1) is 5.92 Å². The van der Waals surface area contributed by atoms with Crippen molar-refractivity contribution < 1.29 is 4.79 Å². The fourth-order valence-corrected chi connectivity index (χ4v) is 2.46. The van der Waals surface area contributed by atoms with Gasteiger partial charge in [-0.25, -0.2) is 0 Å². The van der Waals surface area contributed by atoms with Gasteiger partial charge in [0.25, 0.3) is 0 Å². The first kappa shape index (κ1) is 21.3. The van der Waals surface area contributed by atoms with Crippen molar-refractivity contribution in [1.29, 1.82) is 0 Å². The first-order chi connectivity index (χ1) is 7.97. The lowest BCUT2D eigenvalue weighted by Gasteiger charge is -2.30. The Hall–Kier alpha value is -0.0300. The topological polar surface area (TPSA) is 49.6 Å². The fraction of sp³-hybridized carbons (Fsp3) is 0.923. The second-order valence-corrected chi connectivity index (χ2v) is 5.41. The summed E-state index contributed by atoms with van der Waals surface area (Å²) in [4.78, 5) is 16.3. The van der Waals surface area contributed by atoms with Gasteiger partial charge in [0.15, 0.2) is 0 Å². The average Bonchev–Trinajstić information content (AvgIpc) is 2.73. The molecule has 2 N–H and O–H groups in total. The summed E-state index contributed by atoms with van der Waals surface area (Å²) in [5, 5.41) is 0. The summed E-state index contributed by atoms with van der Waals surface area (Å²) in [6, 6.07) is 0.157. The highest BCUT2D eigenvalue weighted by molar-refractivity contribution is 5.85. The number of likely N-dealkylation sites (tertiary alicyclic amines) is 1. The summed E-state index contributed by atoms with van der Waals surface area (Å²) >= 11 is 0. The van der Waals surface area contributed by atoms with Gasteiger partial charge >= 0.3 is 0 Å². The van der Waals surface area contributed by atoms with Crippen LogP contribution in [0.2, 0.25) is 0 Å². The zero-order valence-electron chi connectivity index (χ0n) is 12.5. The largest absolute Gasteiger partial charge is 0.343 e. The predicted octanol–water partition coefficient (Wildman–Crippen LogP) is 1.76. The molecular formula is C13H29Cl2N3O. The van der Waals surface area contributed by atoms with Crippen molar-refractivity contribution in [2.24, 2.45) is 11.7 Å². The monoisotopic (exact) mass is 313 g/mol. The molecule has 0 aromatic rings. The van der Waals surface area contributed by atoms with E-state index in [1.165, 1.54) is 19.4 Å². The smallest absolute Gasteiger partial charge is 0.239 e. The highest BCUT2D eigenvalue weighted by Crippen LogP contribution is 2.17. The van der Waals surface area contributed by atoms with Crippen LogP contribution < -0.4 is 5.73 Å². The summed E-state index contributed by atoms with van der Waals surface area (Å²) in [7, 11) is 1.87. The third-order valence-corrected chi connectivity index (χ3v) is 3.77. The van der Waals surface area contributed by atoms with Crippen LogP contribution in [0.4, 0.5) is 0 Å². The number of nitrogens with zero attached hydrogens (tertiary/aromatic N) is 2. The van der Waals surface area contributed by atoms with Gasteiger partial charge in [0.2, 0.25) is 5.91 Å². The van der Waals surface area contributed by atoms with E-state index in [9.17, 15) is 4.79 Å². The standard InChI is InChI=1S/C13H27N3O.2ClH/c1-5-16-8-6-7-11(16)9-15(4)13(17)12(14)10(2)3;;/h10-12H,5-9,14H2,1-4H3;2*1H. The van der Waals surface area contributed by atoms with E-state index in [2.05, 4.69) is 11.8 Å². The molecule has 0 radical (unpaired) electrons. The van der Waals surface area contributed by atoms with E-state index in [0.717, 1.165) is 13.1 Å². The van der Waals surface area contributed by atoms with E-state index in [0.29, 0.717) is 6.04 Å². The van der Waals surface area contributed by atoms with Crippen molar-refractivity contribution in [1.82, 2.24) is 9.80 Å². The second kappa shape index (κ2) is 9.81. The minimum atomic E-state index is -0.364. The lowest BCUT2D eigenvalue weighted by Crippen LogP contribution is -2.48. The van der Waals surface area contributed by atoms with Gasteiger partial charge < -0.3 is 10.6 Å². The molecule has 1 aliphatic heterocycles. The number of nitrogens with two attached hydrogens (primary N) is 1. The van der Waals surface area contributed by atoms with E-state index in [4.69, 9.17) is 5.73 Å². The minimum Gasteiger partial charge on any atom is -0.343 e. The van der Waals surface area contributed by atoms with Crippen molar-refractivity contribution in [3.8, 4) is 0 Å². The summed E-state index contributed by atoms with van der Waals surface area (Å²) < 4.78 is 0. The van der Waals surface area contributed by atoms with E-state index in [1.54, 1.807) is 0 Å². The summed E-state index contributed by atoms with van der Waals surface area (Å²) in [6.07, 6.45) is 2.44. The van der Waals surface area contributed by atoms with Crippen LogP contribution in [-0.2, 0) is 4.79 Å². The van der Waals surface area contributed by atoms with E-state index >= 15 is 0 Å². The molecule has 6 heteroatoms. The van der Waals surface area contributed by atoms with Gasteiger partial charge in [-0.2, -0.15) is 0 Å². The Labute approximate surface area is 129 Å². The molecule has 0 spiro atoms. The Balaban J connectivity index is 0. The molecule has 0 aliphatic carbocycles. The van der Waals surface area contributed by atoms with Gasteiger partial charge in [0, 0.05) is 19.6 Å². The summed E-state index contributed by atoms with van der Waals surface area (Å²) in [5.74, 6) is 0.277. The van der Waals surface area contributed by atoms with Crippen LogP contribution in [0.15, 0.2) is 0 Å². The molecular weight excluding hydrogens is 285 g/mol. The second-order valence-electron chi connectivity index (χ2n) is 5.41. The van der Waals surface area contributed by atoms with Crippen LogP contribution in [0.1, 0.15) is 33.6 Å². The Kier molecular flexibility index (Phi) is 11.0. The quantitative estimate of drug-likeness (QED) is 0.841. The Bertz CT molecular complexity index is 264. The predicted molar refractivity (Wildman–Crippen MR) is 85.2 cm³/mol. The minimum absolute atomic E-state index is 0. The molecule has 2 atom stereocenters. The maximum absolute atomic E-state index is 12.0. The van der Waals surface area contributed by atoms with Crippen molar-refractivity contribution in [2.45, 2.75) is 45.7 Å². The maximum Gasteiger partial charge on any atom is 0.239 e. The molecule has 116 valence electrons. The highest BCUT2D eigenvalue weighted by Gasteiger charge is 2.27. The number of hydrogen-bond donors (Lipinski definition) is 1. The third-order valence-electron chi connectivity index (χ3n) is 3.77. The molecule has 1 heterocycles. The molecule has 0 saturated carbocycles. The highest BCUT2D eigenvalue weighted by atomic mass is 35.5. The van der Waals surface area contributed by atoms with Crippen molar-refractivity contribution in [3.05, 3.63) is 0 Å². The number of halogens is 2. The van der Waals surface area contributed by atoms with Crippen LogP contribution in [0.25, 0.3) is 0 Å². The van der Waals surface area contributed by atoms with Crippen LogP contribution >= 0.6 is 24.8 Å². The third kappa shape index (κ3) is 5.86. The molecule has 2 unspecified atom stereocenters. The number of carbonyl (C=O) groups excluding carboxylic acids is 1. The fourth-order valence-electron chi connectivity index (χ4n) is 2.46. The van der Waals surface area contributed by atoms with Gasteiger partial charge in [-0.1, -0.05) is 20.8 Å². The van der Waals surface area contributed by atoms with E-state index < -0.39 is 0 Å². The average molecular weight is 314 g/mol. The zero-order valence-corrected chi connectivity index (χ0v) is 14.1. The lowest BCUT2D eigenvalue weighted by atomic mass is 10.0. The Morgan fingerprint density at radius 2 is 2.00 bits per heavy atom. The molecule has 1 amide bonds. The lowest BCUT2D eigenvalue weighted by molar-refractivity contribution is -0.132. The number of likely N-dealkylation sites (N-methyl/N-ethyl adjacent to an activating group) is 2. The summed E-state index contributed by atoms with van der Waals surface area (Å²) in [6.45, 7) is 9.21.